The fraction of sp³-hybridized carbons (Fsp3) is 0.455. The summed E-state index contributed by atoms with van der Waals surface area (Å²) >= 11 is 0. The number of aryl methyl sites for hydroxylation is 1. The van der Waals surface area contributed by atoms with Crippen molar-refractivity contribution in [1.82, 2.24) is 0 Å². The van der Waals surface area contributed by atoms with Crippen molar-refractivity contribution in [2.75, 3.05) is 6.54 Å². The predicted octanol–water partition coefficient (Wildman–Crippen LogP) is 1.39. The molecule has 0 aliphatic carbocycles. The summed E-state index contributed by atoms with van der Waals surface area (Å²) in [4.78, 5) is 0. The Bertz CT molecular complexity index is 301. The van der Waals surface area contributed by atoms with E-state index in [9.17, 15) is 9.50 Å². The molecule has 0 radical (unpaired) electrons. The molecule has 0 fully saturated rings. The lowest BCUT2D eigenvalue weighted by molar-refractivity contribution is 0.167. The van der Waals surface area contributed by atoms with Gasteiger partial charge in [-0.05, 0) is 49.6 Å². The zero-order valence-corrected chi connectivity index (χ0v) is 8.33. The topological polar surface area (TPSA) is 46.2 Å². The minimum atomic E-state index is -0.427. The zero-order chi connectivity index (χ0) is 10.6. The van der Waals surface area contributed by atoms with Gasteiger partial charge in [0.1, 0.15) is 5.82 Å². The molecular weight excluding hydrogens is 181 g/mol. The second kappa shape index (κ2) is 5.08. The highest BCUT2D eigenvalue weighted by Crippen LogP contribution is 2.13. The third-order valence-corrected chi connectivity index (χ3v) is 2.26. The van der Waals surface area contributed by atoms with Gasteiger partial charge in [0.15, 0.2) is 0 Å². The first-order valence-corrected chi connectivity index (χ1v) is 4.76. The third kappa shape index (κ3) is 3.09. The smallest absolute Gasteiger partial charge is 0.123 e. The highest BCUT2D eigenvalue weighted by atomic mass is 19.1. The standard InChI is InChI=1S/C11H16FNO/c1-8-6-10(12)3-2-9(8)7-11(14)4-5-13/h2-3,6,11,14H,4-5,7,13H2,1H3. The van der Waals surface area contributed by atoms with Crippen LogP contribution in [-0.2, 0) is 6.42 Å². The van der Waals surface area contributed by atoms with E-state index in [1.165, 1.54) is 12.1 Å². The van der Waals surface area contributed by atoms with Gasteiger partial charge in [0.2, 0.25) is 0 Å². The lowest BCUT2D eigenvalue weighted by atomic mass is 10.0. The first kappa shape index (κ1) is 11.1. The fourth-order valence-corrected chi connectivity index (χ4v) is 1.44. The van der Waals surface area contributed by atoms with Gasteiger partial charge in [-0.15, -0.1) is 0 Å². The molecule has 0 aliphatic rings. The van der Waals surface area contributed by atoms with Crippen molar-refractivity contribution in [3.05, 3.63) is 35.1 Å². The van der Waals surface area contributed by atoms with Gasteiger partial charge in [-0.1, -0.05) is 6.07 Å². The Morgan fingerprint density at radius 3 is 2.79 bits per heavy atom. The summed E-state index contributed by atoms with van der Waals surface area (Å²) < 4.78 is 12.8. The molecule has 3 heteroatoms. The minimum Gasteiger partial charge on any atom is -0.393 e. The lowest BCUT2D eigenvalue weighted by Gasteiger charge is -2.11. The second-order valence-corrected chi connectivity index (χ2v) is 3.51. The number of hydrogen-bond acceptors (Lipinski definition) is 2. The summed E-state index contributed by atoms with van der Waals surface area (Å²) in [5.41, 5.74) is 7.18. The summed E-state index contributed by atoms with van der Waals surface area (Å²) in [5.74, 6) is -0.237. The maximum atomic E-state index is 12.8. The van der Waals surface area contributed by atoms with Crippen molar-refractivity contribution in [2.24, 2.45) is 5.73 Å². The van der Waals surface area contributed by atoms with E-state index in [-0.39, 0.29) is 5.82 Å². The predicted molar refractivity (Wildman–Crippen MR) is 54.5 cm³/mol. The van der Waals surface area contributed by atoms with E-state index in [0.717, 1.165) is 11.1 Å². The lowest BCUT2D eigenvalue weighted by Crippen LogP contribution is -2.16. The Balaban J connectivity index is 2.67. The van der Waals surface area contributed by atoms with Crippen molar-refractivity contribution >= 4 is 0 Å². The van der Waals surface area contributed by atoms with Gasteiger partial charge in [0, 0.05) is 0 Å². The van der Waals surface area contributed by atoms with E-state index in [2.05, 4.69) is 0 Å². The normalized spacial score (nSPS) is 12.9. The van der Waals surface area contributed by atoms with Crippen molar-refractivity contribution in [3.8, 4) is 0 Å². The maximum absolute atomic E-state index is 12.8. The molecule has 0 spiro atoms. The molecule has 14 heavy (non-hydrogen) atoms. The van der Waals surface area contributed by atoms with Gasteiger partial charge in [-0.2, -0.15) is 0 Å². The van der Waals surface area contributed by atoms with Gasteiger partial charge >= 0.3 is 0 Å². The van der Waals surface area contributed by atoms with Crippen LogP contribution in [0.15, 0.2) is 18.2 Å². The molecule has 0 amide bonds. The molecule has 0 saturated heterocycles. The second-order valence-electron chi connectivity index (χ2n) is 3.51. The van der Waals surface area contributed by atoms with Crippen molar-refractivity contribution in [2.45, 2.75) is 25.9 Å². The molecule has 1 rings (SSSR count). The van der Waals surface area contributed by atoms with Crippen LogP contribution in [0.2, 0.25) is 0 Å². The zero-order valence-electron chi connectivity index (χ0n) is 8.33. The van der Waals surface area contributed by atoms with Crippen LogP contribution in [0.1, 0.15) is 17.5 Å². The number of hydrogen-bond donors (Lipinski definition) is 2. The van der Waals surface area contributed by atoms with Gasteiger partial charge in [0.05, 0.1) is 6.10 Å². The third-order valence-electron chi connectivity index (χ3n) is 2.26. The maximum Gasteiger partial charge on any atom is 0.123 e. The van der Waals surface area contributed by atoms with E-state index < -0.39 is 6.10 Å². The Hall–Kier alpha value is -0.930. The average Bonchev–Trinajstić information content (AvgIpc) is 2.10. The molecule has 1 unspecified atom stereocenters. The fourth-order valence-electron chi connectivity index (χ4n) is 1.44. The summed E-state index contributed by atoms with van der Waals surface area (Å²) in [7, 11) is 0. The Labute approximate surface area is 83.6 Å². The average molecular weight is 197 g/mol. The monoisotopic (exact) mass is 197 g/mol. The summed E-state index contributed by atoms with van der Waals surface area (Å²) in [6, 6.07) is 4.60. The van der Waals surface area contributed by atoms with E-state index in [4.69, 9.17) is 5.73 Å². The van der Waals surface area contributed by atoms with E-state index in [1.54, 1.807) is 6.07 Å². The Morgan fingerprint density at radius 1 is 1.50 bits per heavy atom. The number of nitrogens with two attached hydrogens (primary N) is 1. The Kier molecular flexibility index (Phi) is 4.04. The van der Waals surface area contributed by atoms with Gasteiger partial charge in [-0.3, -0.25) is 0 Å². The summed E-state index contributed by atoms with van der Waals surface area (Å²) in [5, 5.41) is 9.52. The van der Waals surface area contributed by atoms with Crippen LogP contribution in [0, 0.1) is 12.7 Å². The number of aliphatic hydroxyl groups excluding tert-OH is 1. The van der Waals surface area contributed by atoms with Crippen molar-refractivity contribution < 1.29 is 9.50 Å². The van der Waals surface area contributed by atoms with E-state index in [0.29, 0.717) is 19.4 Å². The molecule has 0 aromatic heterocycles. The summed E-state index contributed by atoms with van der Waals surface area (Å²) in [6.07, 6.45) is 0.698. The highest BCUT2D eigenvalue weighted by molar-refractivity contribution is 5.27. The van der Waals surface area contributed by atoms with Crippen LogP contribution in [0.4, 0.5) is 4.39 Å². The van der Waals surface area contributed by atoms with Crippen LogP contribution >= 0.6 is 0 Å². The van der Waals surface area contributed by atoms with Crippen LogP contribution < -0.4 is 5.73 Å². The molecule has 0 saturated carbocycles. The molecule has 0 bridgehead atoms. The molecule has 2 nitrogen and oxygen atoms in total. The number of benzene rings is 1. The van der Waals surface area contributed by atoms with Crippen LogP contribution in [0.5, 0.6) is 0 Å². The minimum absolute atomic E-state index is 0.237. The highest BCUT2D eigenvalue weighted by Gasteiger charge is 2.06. The number of aliphatic hydroxyl groups is 1. The number of rotatable bonds is 4. The molecule has 1 aromatic rings. The van der Waals surface area contributed by atoms with Gasteiger partial charge < -0.3 is 10.8 Å². The molecule has 3 N–H and O–H groups in total. The van der Waals surface area contributed by atoms with Crippen LogP contribution in [0.3, 0.4) is 0 Å². The van der Waals surface area contributed by atoms with Crippen molar-refractivity contribution in [3.63, 3.8) is 0 Å². The van der Waals surface area contributed by atoms with E-state index >= 15 is 0 Å². The molecule has 0 aliphatic heterocycles. The molecule has 1 aromatic carbocycles. The SMILES string of the molecule is Cc1cc(F)ccc1CC(O)CCN. The van der Waals surface area contributed by atoms with Crippen LogP contribution in [0.25, 0.3) is 0 Å². The van der Waals surface area contributed by atoms with Gasteiger partial charge in [-0.25, -0.2) is 4.39 Å². The first-order valence-electron chi connectivity index (χ1n) is 4.76. The largest absolute Gasteiger partial charge is 0.393 e. The van der Waals surface area contributed by atoms with Crippen molar-refractivity contribution in [1.29, 1.82) is 0 Å². The number of halogens is 1. The van der Waals surface area contributed by atoms with Crippen LogP contribution in [-0.4, -0.2) is 17.8 Å². The molecule has 1 atom stereocenters. The summed E-state index contributed by atoms with van der Waals surface area (Å²) in [6.45, 7) is 2.31. The van der Waals surface area contributed by atoms with Gasteiger partial charge in [0.25, 0.3) is 0 Å². The Morgan fingerprint density at radius 2 is 2.21 bits per heavy atom. The quantitative estimate of drug-likeness (QED) is 0.766. The molecule has 0 heterocycles. The molecular formula is C11H16FNO. The molecule has 78 valence electrons. The first-order chi connectivity index (χ1) is 6.63. The van der Waals surface area contributed by atoms with E-state index in [1.807, 2.05) is 6.92 Å².